The van der Waals surface area contributed by atoms with Gasteiger partial charge in [0.25, 0.3) is 0 Å². The molecule has 0 radical (unpaired) electrons. The van der Waals surface area contributed by atoms with Crippen molar-refractivity contribution >= 4 is 5.97 Å². The van der Waals surface area contributed by atoms with Crippen molar-refractivity contribution in [3.05, 3.63) is 65.5 Å². The fourth-order valence-electron chi connectivity index (χ4n) is 3.50. The summed E-state index contributed by atoms with van der Waals surface area (Å²) >= 11 is 0. The van der Waals surface area contributed by atoms with Crippen molar-refractivity contribution in [1.82, 2.24) is 9.88 Å². The second kappa shape index (κ2) is 5.21. The Morgan fingerprint density at radius 1 is 1.09 bits per heavy atom. The number of fused-ring (bicyclic) bond motifs is 2. The number of piperidine rings is 1. The molecule has 1 saturated heterocycles. The number of ether oxygens (including phenoxy) is 1. The van der Waals surface area contributed by atoms with Gasteiger partial charge in [-0.3, -0.25) is 4.90 Å². The highest BCUT2D eigenvalue weighted by Gasteiger charge is 2.47. The van der Waals surface area contributed by atoms with Crippen LogP contribution in [0.5, 0.6) is 0 Å². The minimum atomic E-state index is -0.451. The Kier molecular flexibility index (Phi) is 3.19. The minimum Gasteiger partial charge on any atom is -0.449 e. The van der Waals surface area contributed by atoms with Crippen LogP contribution in [0.25, 0.3) is 0 Å². The van der Waals surface area contributed by atoms with E-state index in [-0.39, 0.29) is 5.97 Å². The van der Waals surface area contributed by atoms with Crippen LogP contribution in [0.15, 0.2) is 48.7 Å². The van der Waals surface area contributed by atoms with Gasteiger partial charge >= 0.3 is 5.97 Å². The van der Waals surface area contributed by atoms with Crippen LogP contribution in [0.2, 0.25) is 0 Å². The maximum Gasteiger partial charge on any atom is 0.358 e. The maximum absolute atomic E-state index is 12.0. The Labute approximate surface area is 129 Å². The lowest BCUT2D eigenvalue weighted by Crippen LogP contribution is -2.42. The lowest BCUT2D eigenvalue weighted by Gasteiger charge is -2.38. The van der Waals surface area contributed by atoms with Gasteiger partial charge in [-0.15, -0.1) is 0 Å². The van der Waals surface area contributed by atoms with Gasteiger partial charge in [-0.25, -0.2) is 9.78 Å². The molecule has 1 fully saturated rings. The van der Waals surface area contributed by atoms with Crippen LogP contribution in [0.4, 0.5) is 0 Å². The molecule has 0 N–H and O–H groups in total. The van der Waals surface area contributed by atoms with Crippen LogP contribution < -0.4 is 0 Å². The highest BCUT2D eigenvalue weighted by molar-refractivity contribution is 5.92. The Hall–Kier alpha value is -2.20. The molecule has 0 aliphatic carbocycles. The number of benzene rings is 1. The second-order valence-corrected chi connectivity index (χ2v) is 6.05. The zero-order valence-corrected chi connectivity index (χ0v) is 12.4. The van der Waals surface area contributed by atoms with Gasteiger partial charge in [-0.1, -0.05) is 36.4 Å². The number of aromatic nitrogens is 1. The summed E-state index contributed by atoms with van der Waals surface area (Å²) in [7, 11) is 0. The first-order valence-electron chi connectivity index (χ1n) is 7.72. The largest absolute Gasteiger partial charge is 0.449 e. The maximum atomic E-state index is 12.0. The lowest BCUT2D eigenvalue weighted by molar-refractivity contribution is -0.0441. The number of carbonyl (C=O) groups excluding carboxylic acids is 1. The molecule has 0 bridgehead atoms. The summed E-state index contributed by atoms with van der Waals surface area (Å²) in [5.41, 5.74) is 2.34. The van der Waals surface area contributed by atoms with E-state index in [9.17, 15) is 4.79 Å². The van der Waals surface area contributed by atoms with Gasteiger partial charge < -0.3 is 4.74 Å². The van der Waals surface area contributed by atoms with E-state index in [0.29, 0.717) is 5.69 Å². The zero-order valence-electron chi connectivity index (χ0n) is 12.4. The van der Waals surface area contributed by atoms with E-state index < -0.39 is 5.60 Å². The monoisotopic (exact) mass is 294 g/mol. The molecule has 1 aromatic carbocycles. The molecule has 0 amide bonds. The standard InChI is InChI=1S/C18H18N2O2/c21-17-16-15(7-4-10-19-16)18(22-17)8-11-20(12-9-18)13-14-5-2-1-3-6-14/h1-7,10H,8-9,11-13H2. The summed E-state index contributed by atoms with van der Waals surface area (Å²) in [6.45, 7) is 2.80. The van der Waals surface area contributed by atoms with Crippen molar-refractivity contribution in [2.45, 2.75) is 25.0 Å². The number of likely N-dealkylation sites (tertiary alicyclic amines) is 1. The summed E-state index contributed by atoms with van der Waals surface area (Å²) in [6.07, 6.45) is 3.33. The number of hydrogen-bond acceptors (Lipinski definition) is 4. The topological polar surface area (TPSA) is 42.4 Å². The molecule has 1 spiro atoms. The average Bonchev–Trinajstić information content (AvgIpc) is 2.84. The minimum absolute atomic E-state index is 0.271. The molecule has 112 valence electrons. The first-order chi connectivity index (χ1) is 10.8. The number of pyridine rings is 1. The van der Waals surface area contributed by atoms with Crippen LogP contribution in [-0.4, -0.2) is 28.9 Å². The molecule has 0 unspecified atom stereocenters. The number of esters is 1. The van der Waals surface area contributed by atoms with E-state index in [4.69, 9.17) is 4.74 Å². The van der Waals surface area contributed by atoms with Crippen LogP contribution in [0.3, 0.4) is 0 Å². The van der Waals surface area contributed by atoms with E-state index in [1.807, 2.05) is 18.2 Å². The SMILES string of the molecule is O=C1OC2(CCN(Cc3ccccc3)CC2)c2cccnc21. The van der Waals surface area contributed by atoms with Gasteiger partial charge in [-0.05, 0) is 11.6 Å². The number of nitrogens with zero attached hydrogens (tertiary/aromatic N) is 2. The fourth-order valence-corrected chi connectivity index (χ4v) is 3.50. The predicted octanol–water partition coefficient (Wildman–Crippen LogP) is 2.74. The quantitative estimate of drug-likeness (QED) is 0.799. The third-order valence-corrected chi connectivity index (χ3v) is 4.69. The number of hydrogen-bond donors (Lipinski definition) is 0. The number of carbonyl (C=O) groups is 1. The third kappa shape index (κ3) is 2.20. The van der Waals surface area contributed by atoms with Gasteiger partial charge in [0.1, 0.15) is 5.60 Å². The van der Waals surface area contributed by atoms with E-state index in [2.05, 4.69) is 34.1 Å². The molecule has 22 heavy (non-hydrogen) atoms. The van der Waals surface area contributed by atoms with Crippen molar-refractivity contribution < 1.29 is 9.53 Å². The summed E-state index contributed by atoms with van der Waals surface area (Å²) in [5, 5.41) is 0. The third-order valence-electron chi connectivity index (χ3n) is 4.69. The molecule has 2 aliphatic heterocycles. The second-order valence-electron chi connectivity index (χ2n) is 6.05. The summed E-state index contributed by atoms with van der Waals surface area (Å²) in [4.78, 5) is 18.6. The average molecular weight is 294 g/mol. The zero-order chi connectivity index (χ0) is 15.0. The smallest absolute Gasteiger partial charge is 0.358 e. The van der Waals surface area contributed by atoms with E-state index in [1.165, 1.54) is 5.56 Å². The van der Waals surface area contributed by atoms with Crippen LogP contribution in [0.1, 0.15) is 34.5 Å². The molecule has 3 heterocycles. The van der Waals surface area contributed by atoms with Gasteiger partial charge in [0.2, 0.25) is 0 Å². The number of rotatable bonds is 2. The van der Waals surface area contributed by atoms with Crippen molar-refractivity contribution in [2.24, 2.45) is 0 Å². The molecule has 4 heteroatoms. The molecule has 0 saturated carbocycles. The summed E-state index contributed by atoms with van der Waals surface area (Å²) in [6, 6.07) is 14.4. The van der Waals surface area contributed by atoms with Gasteiger partial charge in [0, 0.05) is 44.2 Å². The van der Waals surface area contributed by atoms with Crippen LogP contribution in [-0.2, 0) is 16.9 Å². The highest BCUT2D eigenvalue weighted by Crippen LogP contribution is 2.43. The first kappa shape index (κ1) is 13.5. The van der Waals surface area contributed by atoms with E-state index in [1.54, 1.807) is 6.20 Å². The molecule has 1 aromatic heterocycles. The molecule has 4 rings (SSSR count). The molecule has 4 nitrogen and oxygen atoms in total. The summed E-state index contributed by atoms with van der Waals surface area (Å²) in [5.74, 6) is -0.271. The normalized spacial score (nSPS) is 19.9. The van der Waals surface area contributed by atoms with Gasteiger partial charge in [0.15, 0.2) is 5.69 Å². The summed E-state index contributed by atoms with van der Waals surface area (Å²) < 4.78 is 5.73. The van der Waals surface area contributed by atoms with Crippen molar-refractivity contribution in [1.29, 1.82) is 0 Å². The Balaban J connectivity index is 1.50. The molecule has 2 aromatic rings. The fraction of sp³-hybridized carbons (Fsp3) is 0.333. The Morgan fingerprint density at radius 3 is 2.64 bits per heavy atom. The molecule has 0 atom stereocenters. The first-order valence-corrected chi connectivity index (χ1v) is 7.72. The van der Waals surface area contributed by atoms with Crippen LogP contribution >= 0.6 is 0 Å². The van der Waals surface area contributed by atoms with Crippen molar-refractivity contribution in [3.8, 4) is 0 Å². The predicted molar refractivity (Wildman–Crippen MR) is 82.3 cm³/mol. The van der Waals surface area contributed by atoms with E-state index in [0.717, 1.165) is 38.0 Å². The van der Waals surface area contributed by atoms with Gasteiger partial charge in [0.05, 0.1) is 0 Å². The van der Waals surface area contributed by atoms with Crippen molar-refractivity contribution in [3.63, 3.8) is 0 Å². The Bertz CT molecular complexity index is 691. The van der Waals surface area contributed by atoms with Crippen LogP contribution in [0, 0.1) is 0 Å². The van der Waals surface area contributed by atoms with E-state index >= 15 is 0 Å². The Morgan fingerprint density at radius 2 is 1.86 bits per heavy atom. The molecular weight excluding hydrogens is 276 g/mol. The highest BCUT2D eigenvalue weighted by atomic mass is 16.6. The lowest BCUT2D eigenvalue weighted by atomic mass is 9.85. The molecular formula is C18H18N2O2. The molecule has 2 aliphatic rings. The van der Waals surface area contributed by atoms with Crippen molar-refractivity contribution in [2.75, 3.05) is 13.1 Å². The van der Waals surface area contributed by atoms with Gasteiger partial charge in [-0.2, -0.15) is 0 Å².